The van der Waals surface area contributed by atoms with E-state index in [1.165, 1.54) is 5.56 Å². The van der Waals surface area contributed by atoms with E-state index < -0.39 is 0 Å². The summed E-state index contributed by atoms with van der Waals surface area (Å²) in [6.45, 7) is 1.96. The Labute approximate surface area is 113 Å². The molecule has 88 valence electrons. The van der Waals surface area contributed by atoms with E-state index in [1.54, 1.807) is 18.0 Å². The highest BCUT2D eigenvalue weighted by Crippen LogP contribution is 2.26. The van der Waals surface area contributed by atoms with Gasteiger partial charge in [-0.15, -0.1) is 0 Å². The number of nitrogens with two attached hydrogens (primary N) is 1. The highest BCUT2D eigenvalue weighted by Gasteiger charge is 2.03. The largest absolute Gasteiger partial charge is 0.399 e. The number of aromatic nitrogens is 2. The lowest BCUT2D eigenvalue weighted by atomic mass is 10.2. The van der Waals surface area contributed by atoms with Gasteiger partial charge in [-0.2, -0.15) is 0 Å². The number of rotatable bonds is 3. The number of benzene rings is 1. The zero-order valence-corrected chi connectivity index (χ0v) is 11.8. The van der Waals surface area contributed by atoms with Crippen LogP contribution in [0.5, 0.6) is 0 Å². The molecule has 0 amide bonds. The third-order valence-electron chi connectivity index (χ3n) is 2.21. The van der Waals surface area contributed by atoms with Crippen LogP contribution in [0.15, 0.2) is 40.1 Å². The molecule has 0 radical (unpaired) electrons. The third-order valence-corrected chi connectivity index (χ3v) is 3.86. The second-order valence-electron chi connectivity index (χ2n) is 3.62. The summed E-state index contributed by atoms with van der Waals surface area (Å²) in [5.41, 5.74) is 8.63. The van der Waals surface area contributed by atoms with Gasteiger partial charge in [-0.3, -0.25) is 0 Å². The zero-order chi connectivity index (χ0) is 12.3. The zero-order valence-electron chi connectivity index (χ0n) is 9.35. The fraction of sp³-hybridized carbons (Fsp3) is 0.167. The number of nitrogens with zero attached hydrogens (tertiary/aromatic N) is 2. The van der Waals surface area contributed by atoms with Crippen LogP contribution in [0.3, 0.4) is 0 Å². The summed E-state index contributed by atoms with van der Waals surface area (Å²) in [5, 5.41) is 0.800. The number of anilines is 1. The summed E-state index contributed by atoms with van der Waals surface area (Å²) < 4.78 is 1.03. The first-order valence-electron chi connectivity index (χ1n) is 5.11. The minimum absolute atomic E-state index is 0.762. The van der Waals surface area contributed by atoms with Crippen molar-refractivity contribution in [3.8, 4) is 0 Å². The Hall–Kier alpha value is -1.07. The van der Waals surface area contributed by atoms with Gasteiger partial charge in [-0.25, -0.2) is 9.97 Å². The third kappa shape index (κ3) is 3.44. The maximum atomic E-state index is 5.69. The lowest BCUT2D eigenvalue weighted by Crippen LogP contribution is -1.91. The molecular formula is C12H12BrN3S. The molecule has 2 N–H and O–H groups in total. The average Bonchev–Trinajstić information content (AvgIpc) is 2.28. The van der Waals surface area contributed by atoms with Crippen molar-refractivity contribution in [3.63, 3.8) is 0 Å². The predicted octanol–water partition coefficient (Wildman–Crippen LogP) is 3.42. The molecular weight excluding hydrogens is 298 g/mol. The first kappa shape index (κ1) is 12.4. The highest BCUT2D eigenvalue weighted by atomic mass is 79.9. The van der Waals surface area contributed by atoms with Gasteiger partial charge in [0.1, 0.15) is 0 Å². The Morgan fingerprint density at radius 2 is 2.18 bits per heavy atom. The number of thioether (sulfide) groups is 1. The molecule has 0 saturated heterocycles. The molecule has 0 saturated carbocycles. The molecule has 0 aliphatic rings. The van der Waals surface area contributed by atoms with Gasteiger partial charge in [0.25, 0.3) is 0 Å². The monoisotopic (exact) mass is 309 g/mol. The SMILES string of the molecule is Cc1ccnc(SCc2ccc(N)cc2Br)n1. The Morgan fingerprint density at radius 3 is 2.88 bits per heavy atom. The smallest absolute Gasteiger partial charge is 0.188 e. The second kappa shape index (κ2) is 5.51. The van der Waals surface area contributed by atoms with Crippen LogP contribution in [-0.4, -0.2) is 9.97 Å². The maximum absolute atomic E-state index is 5.69. The van der Waals surface area contributed by atoms with Crippen molar-refractivity contribution in [2.75, 3.05) is 5.73 Å². The summed E-state index contributed by atoms with van der Waals surface area (Å²) >= 11 is 5.12. The standard InChI is InChI=1S/C12H12BrN3S/c1-8-4-5-15-12(16-8)17-7-9-2-3-10(14)6-11(9)13/h2-6H,7,14H2,1H3. The van der Waals surface area contributed by atoms with E-state index in [9.17, 15) is 0 Å². The first-order chi connectivity index (χ1) is 8.15. The maximum Gasteiger partial charge on any atom is 0.188 e. The molecule has 1 heterocycles. The summed E-state index contributed by atoms with van der Waals surface area (Å²) in [5.74, 6) is 0.824. The van der Waals surface area contributed by atoms with Crippen LogP contribution in [-0.2, 0) is 5.75 Å². The molecule has 3 nitrogen and oxygen atoms in total. The van der Waals surface area contributed by atoms with E-state index in [0.29, 0.717) is 0 Å². The van der Waals surface area contributed by atoms with Gasteiger partial charge in [-0.05, 0) is 30.7 Å². The minimum atomic E-state index is 0.762. The van der Waals surface area contributed by atoms with Gasteiger partial charge >= 0.3 is 0 Å². The summed E-state index contributed by atoms with van der Waals surface area (Å²) in [7, 11) is 0. The fourth-order valence-electron chi connectivity index (χ4n) is 1.32. The highest BCUT2D eigenvalue weighted by molar-refractivity contribution is 9.10. The topological polar surface area (TPSA) is 51.8 Å². The van der Waals surface area contributed by atoms with Crippen molar-refractivity contribution >= 4 is 33.4 Å². The Bertz CT molecular complexity index is 531. The molecule has 1 aromatic heterocycles. The van der Waals surface area contributed by atoms with Gasteiger partial charge in [0.2, 0.25) is 0 Å². The van der Waals surface area contributed by atoms with Gasteiger partial charge in [-0.1, -0.05) is 33.8 Å². The van der Waals surface area contributed by atoms with E-state index >= 15 is 0 Å². The average molecular weight is 310 g/mol. The van der Waals surface area contributed by atoms with Crippen molar-refractivity contribution in [3.05, 3.63) is 46.2 Å². The normalized spacial score (nSPS) is 10.5. The van der Waals surface area contributed by atoms with Crippen LogP contribution in [0, 0.1) is 6.92 Å². The van der Waals surface area contributed by atoms with E-state index in [1.807, 2.05) is 31.2 Å². The molecule has 2 aromatic rings. The van der Waals surface area contributed by atoms with Crippen LogP contribution in [0.1, 0.15) is 11.3 Å². The van der Waals surface area contributed by atoms with Crippen LogP contribution in [0.4, 0.5) is 5.69 Å². The molecule has 2 rings (SSSR count). The van der Waals surface area contributed by atoms with E-state index in [2.05, 4.69) is 25.9 Å². The molecule has 0 aliphatic carbocycles. The molecule has 1 aromatic carbocycles. The quantitative estimate of drug-likeness (QED) is 0.536. The Morgan fingerprint density at radius 1 is 1.35 bits per heavy atom. The molecule has 0 aliphatic heterocycles. The lowest BCUT2D eigenvalue weighted by Gasteiger charge is -2.04. The Balaban J connectivity index is 2.07. The van der Waals surface area contributed by atoms with Gasteiger partial charge < -0.3 is 5.73 Å². The summed E-state index contributed by atoms with van der Waals surface area (Å²) in [4.78, 5) is 8.56. The van der Waals surface area contributed by atoms with Gasteiger partial charge in [0, 0.05) is 27.8 Å². The second-order valence-corrected chi connectivity index (χ2v) is 5.42. The van der Waals surface area contributed by atoms with Crippen LogP contribution in [0.25, 0.3) is 0 Å². The number of halogens is 1. The van der Waals surface area contributed by atoms with E-state index in [0.717, 1.165) is 26.8 Å². The summed E-state index contributed by atoms with van der Waals surface area (Å²) in [6, 6.07) is 7.72. The molecule has 5 heteroatoms. The van der Waals surface area contributed by atoms with E-state index in [-0.39, 0.29) is 0 Å². The number of hydrogen-bond donors (Lipinski definition) is 1. The first-order valence-corrected chi connectivity index (χ1v) is 6.89. The van der Waals surface area contributed by atoms with Gasteiger partial charge in [0.15, 0.2) is 5.16 Å². The van der Waals surface area contributed by atoms with Crippen LogP contribution in [0.2, 0.25) is 0 Å². The molecule has 0 bridgehead atoms. The number of aryl methyl sites for hydroxylation is 1. The molecule has 0 fully saturated rings. The van der Waals surface area contributed by atoms with Crippen molar-refractivity contribution in [1.82, 2.24) is 9.97 Å². The molecule has 0 atom stereocenters. The molecule has 0 spiro atoms. The fourth-order valence-corrected chi connectivity index (χ4v) is 2.92. The molecule has 17 heavy (non-hydrogen) atoms. The lowest BCUT2D eigenvalue weighted by molar-refractivity contribution is 0.932. The predicted molar refractivity (Wildman–Crippen MR) is 74.9 cm³/mol. The molecule has 0 unspecified atom stereocenters. The minimum Gasteiger partial charge on any atom is -0.399 e. The van der Waals surface area contributed by atoms with Crippen molar-refractivity contribution in [2.24, 2.45) is 0 Å². The van der Waals surface area contributed by atoms with Crippen LogP contribution >= 0.6 is 27.7 Å². The van der Waals surface area contributed by atoms with Crippen molar-refractivity contribution in [2.45, 2.75) is 17.8 Å². The summed E-state index contributed by atoms with van der Waals surface area (Å²) in [6.07, 6.45) is 1.78. The Kier molecular flexibility index (Phi) is 4.02. The number of hydrogen-bond acceptors (Lipinski definition) is 4. The van der Waals surface area contributed by atoms with Crippen molar-refractivity contribution in [1.29, 1.82) is 0 Å². The van der Waals surface area contributed by atoms with Crippen LogP contribution < -0.4 is 5.73 Å². The van der Waals surface area contributed by atoms with E-state index in [4.69, 9.17) is 5.73 Å². The number of nitrogen functional groups attached to an aromatic ring is 1. The van der Waals surface area contributed by atoms with Crippen molar-refractivity contribution < 1.29 is 0 Å². The van der Waals surface area contributed by atoms with Gasteiger partial charge in [0.05, 0.1) is 0 Å².